The van der Waals surface area contributed by atoms with E-state index in [1.54, 1.807) is 4.90 Å². The fourth-order valence-electron chi connectivity index (χ4n) is 3.83. The van der Waals surface area contributed by atoms with Crippen LogP contribution in [0, 0.1) is 5.92 Å². The fraction of sp³-hybridized carbons (Fsp3) is 0.600. The number of rotatable bonds is 5. The summed E-state index contributed by atoms with van der Waals surface area (Å²) in [5.41, 5.74) is 1.78. The number of hydrogen-bond donors (Lipinski definition) is 0. The molecule has 2 heterocycles. The molecule has 1 fully saturated rings. The SMILES string of the molecule is CCN1CCN(C(=O)[C@@H](CC(C)C)N2Cc3ccccc3C2=O)CC1. The molecule has 0 aromatic heterocycles. The number of carbonyl (C=O) groups is 2. The van der Waals surface area contributed by atoms with Crippen LogP contribution < -0.4 is 0 Å². The summed E-state index contributed by atoms with van der Waals surface area (Å²) in [6.45, 7) is 11.3. The highest BCUT2D eigenvalue weighted by atomic mass is 16.2. The van der Waals surface area contributed by atoms with Crippen molar-refractivity contribution in [1.82, 2.24) is 14.7 Å². The highest BCUT2D eigenvalue weighted by Crippen LogP contribution is 2.27. The first-order valence-electron chi connectivity index (χ1n) is 9.41. The zero-order valence-electron chi connectivity index (χ0n) is 15.6. The first-order chi connectivity index (χ1) is 12.0. The lowest BCUT2D eigenvalue weighted by Crippen LogP contribution is -2.55. The van der Waals surface area contributed by atoms with E-state index in [4.69, 9.17) is 0 Å². The van der Waals surface area contributed by atoms with Crippen LogP contribution >= 0.6 is 0 Å². The van der Waals surface area contributed by atoms with E-state index in [0.29, 0.717) is 18.9 Å². The number of benzene rings is 1. The van der Waals surface area contributed by atoms with Crippen LogP contribution in [0.15, 0.2) is 24.3 Å². The van der Waals surface area contributed by atoms with E-state index in [0.717, 1.165) is 43.9 Å². The van der Waals surface area contributed by atoms with Crippen molar-refractivity contribution in [2.45, 2.75) is 39.8 Å². The molecule has 1 aromatic rings. The van der Waals surface area contributed by atoms with Crippen molar-refractivity contribution in [2.75, 3.05) is 32.7 Å². The van der Waals surface area contributed by atoms with Gasteiger partial charge in [0.1, 0.15) is 6.04 Å². The van der Waals surface area contributed by atoms with Crippen molar-refractivity contribution < 1.29 is 9.59 Å². The van der Waals surface area contributed by atoms with Gasteiger partial charge in [-0.05, 0) is 30.5 Å². The highest BCUT2D eigenvalue weighted by molar-refractivity contribution is 6.01. The lowest BCUT2D eigenvalue weighted by Gasteiger charge is -2.38. The Morgan fingerprint density at radius 3 is 2.40 bits per heavy atom. The molecule has 1 aromatic carbocycles. The molecule has 2 aliphatic heterocycles. The van der Waals surface area contributed by atoms with Gasteiger partial charge >= 0.3 is 0 Å². The zero-order valence-corrected chi connectivity index (χ0v) is 15.6. The summed E-state index contributed by atoms with van der Waals surface area (Å²) in [6, 6.07) is 7.36. The van der Waals surface area contributed by atoms with E-state index in [-0.39, 0.29) is 17.9 Å². The molecule has 0 radical (unpaired) electrons. The van der Waals surface area contributed by atoms with Gasteiger partial charge in [-0.25, -0.2) is 0 Å². The van der Waals surface area contributed by atoms with Crippen molar-refractivity contribution >= 4 is 11.8 Å². The molecule has 2 aliphatic rings. The van der Waals surface area contributed by atoms with Crippen molar-refractivity contribution in [2.24, 2.45) is 5.92 Å². The Hall–Kier alpha value is -1.88. The molecule has 1 saturated heterocycles. The predicted octanol–water partition coefficient (Wildman–Crippen LogP) is 2.22. The molecule has 1 atom stereocenters. The highest BCUT2D eigenvalue weighted by Gasteiger charge is 2.38. The topological polar surface area (TPSA) is 43.9 Å². The van der Waals surface area contributed by atoms with Crippen LogP contribution in [-0.2, 0) is 11.3 Å². The maximum absolute atomic E-state index is 13.2. The molecule has 5 heteroatoms. The van der Waals surface area contributed by atoms with Gasteiger partial charge in [0, 0.05) is 38.3 Å². The van der Waals surface area contributed by atoms with Gasteiger partial charge in [-0.3, -0.25) is 9.59 Å². The lowest BCUT2D eigenvalue weighted by atomic mass is 10.0. The number of nitrogens with zero attached hydrogens (tertiary/aromatic N) is 3. The van der Waals surface area contributed by atoms with Crippen molar-refractivity contribution in [3.8, 4) is 0 Å². The Labute approximate surface area is 150 Å². The van der Waals surface area contributed by atoms with Crippen molar-refractivity contribution in [1.29, 1.82) is 0 Å². The third kappa shape index (κ3) is 3.71. The van der Waals surface area contributed by atoms with Crippen LogP contribution in [0.4, 0.5) is 0 Å². The molecular weight excluding hydrogens is 314 g/mol. The van der Waals surface area contributed by atoms with Gasteiger partial charge in [-0.15, -0.1) is 0 Å². The Balaban J connectivity index is 1.77. The van der Waals surface area contributed by atoms with Gasteiger partial charge in [0.15, 0.2) is 0 Å². The summed E-state index contributed by atoms with van der Waals surface area (Å²) in [6.07, 6.45) is 0.715. The largest absolute Gasteiger partial charge is 0.338 e. The number of carbonyl (C=O) groups excluding carboxylic acids is 2. The predicted molar refractivity (Wildman–Crippen MR) is 98.3 cm³/mol. The molecular formula is C20H29N3O2. The summed E-state index contributed by atoms with van der Waals surface area (Å²) >= 11 is 0. The van der Waals surface area contributed by atoms with Crippen LogP contribution in [0.25, 0.3) is 0 Å². The molecule has 136 valence electrons. The summed E-state index contributed by atoms with van der Waals surface area (Å²) < 4.78 is 0. The van der Waals surface area contributed by atoms with Gasteiger partial charge in [-0.2, -0.15) is 0 Å². The zero-order chi connectivity index (χ0) is 18.0. The van der Waals surface area contributed by atoms with E-state index in [1.807, 2.05) is 29.2 Å². The van der Waals surface area contributed by atoms with Crippen LogP contribution in [0.3, 0.4) is 0 Å². The molecule has 2 amide bonds. The lowest BCUT2D eigenvalue weighted by molar-refractivity contribution is -0.138. The van der Waals surface area contributed by atoms with Gasteiger partial charge in [-0.1, -0.05) is 39.0 Å². The molecule has 0 N–H and O–H groups in total. The quantitative estimate of drug-likeness (QED) is 0.823. The minimum atomic E-state index is -0.354. The van der Waals surface area contributed by atoms with Crippen LogP contribution in [-0.4, -0.2) is 65.3 Å². The Morgan fingerprint density at radius 2 is 1.80 bits per heavy atom. The average Bonchev–Trinajstić information content (AvgIpc) is 2.96. The number of hydrogen-bond acceptors (Lipinski definition) is 3. The molecule has 0 bridgehead atoms. The second-order valence-corrected chi connectivity index (χ2v) is 7.50. The van der Waals surface area contributed by atoms with E-state index in [9.17, 15) is 9.59 Å². The van der Waals surface area contributed by atoms with Gasteiger partial charge in [0.2, 0.25) is 5.91 Å². The van der Waals surface area contributed by atoms with E-state index < -0.39 is 0 Å². The summed E-state index contributed by atoms with van der Waals surface area (Å²) in [5, 5.41) is 0. The number of piperazine rings is 1. The van der Waals surface area contributed by atoms with E-state index in [1.165, 1.54) is 0 Å². The van der Waals surface area contributed by atoms with Crippen LogP contribution in [0.1, 0.15) is 43.1 Å². The summed E-state index contributed by atoms with van der Waals surface area (Å²) in [4.78, 5) is 32.2. The smallest absolute Gasteiger partial charge is 0.255 e. The minimum absolute atomic E-state index is 0.00166. The monoisotopic (exact) mass is 343 g/mol. The Kier molecular flexibility index (Phi) is 5.42. The molecule has 3 rings (SSSR count). The van der Waals surface area contributed by atoms with Gasteiger partial charge in [0.25, 0.3) is 5.91 Å². The maximum atomic E-state index is 13.2. The molecule has 5 nitrogen and oxygen atoms in total. The first kappa shape index (κ1) is 17.9. The summed E-state index contributed by atoms with van der Waals surface area (Å²) in [7, 11) is 0. The second-order valence-electron chi connectivity index (χ2n) is 7.50. The molecule has 0 spiro atoms. The van der Waals surface area contributed by atoms with E-state index in [2.05, 4.69) is 25.7 Å². The van der Waals surface area contributed by atoms with Crippen LogP contribution in [0.2, 0.25) is 0 Å². The third-order valence-corrected chi connectivity index (χ3v) is 5.34. The van der Waals surface area contributed by atoms with E-state index >= 15 is 0 Å². The molecule has 0 unspecified atom stereocenters. The minimum Gasteiger partial charge on any atom is -0.338 e. The molecule has 0 saturated carbocycles. The Morgan fingerprint density at radius 1 is 1.12 bits per heavy atom. The second kappa shape index (κ2) is 7.56. The number of fused-ring (bicyclic) bond motifs is 1. The Bertz CT molecular complexity index is 636. The number of amides is 2. The number of likely N-dealkylation sites (N-methyl/N-ethyl adjacent to an activating group) is 1. The molecule has 0 aliphatic carbocycles. The fourth-order valence-corrected chi connectivity index (χ4v) is 3.83. The molecule has 25 heavy (non-hydrogen) atoms. The summed E-state index contributed by atoms with van der Waals surface area (Å²) in [5.74, 6) is 0.481. The maximum Gasteiger partial charge on any atom is 0.255 e. The first-order valence-corrected chi connectivity index (χ1v) is 9.41. The van der Waals surface area contributed by atoms with Crippen molar-refractivity contribution in [3.63, 3.8) is 0 Å². The normalized spacial score (nSPS) is 19.4. The van der Waals surface area contributed by atoms with Crippen LogP contribution in [0.5, 0.6) is 0 Å². The average molecular weight is 343 g/mol. The van der Waals surface area contributed by atoms with Crippen molar-refractivity contribution in [3.05, 3.63) is 35.4 Å². The van der Waals surface area contributed by atoms with Gasteiger partial charge in [0.05, 0.1) is 0 Å². The third-order valence-electron chi connectivity index (χ3n) is 5.34. The standard InChI is InChI=1S/C20H29N3O2/c1-4-21-9-11-22(12-10-21)20(25)18(13-15(2)3)23-14-16-7-5-6-8-17(16)19(23)24/h5-8,15,18H,4,9-14H2,1-3H3/t18-/m1/s1. The van der Waals surface area contributed by atoms with Gasteiger partial charge < -0.3 is 14.7 Å².